The van der Waals surface area contributed by atoms with Gasteiger partial charge in [0, 0.05) is 25.5 Å². The summed E-state index contributed by atoms with van der Waals surface area (Å²) in [4.78, 5) is 0. The normalized spacial score (nSPS) is 25.4. The first kappa shape index (κ1) is 14.6. The Morgan fingerprint density at radius 2 is 1.67 bits per heavy atom. The Labute approximate surface area is 115 Å². The van der Waals surface area contributed by atoms with Gasteiger partial charge in [0.05, 0.1) is 0 Å². The van der Waals surface area contributed by atoms with E-state index in [0.717, 1.165) is 38.5 Å². The summed E-state index contributed by atoms with van der Waals surface area (Å²) in [5, 5.41) is 0. The molecule has 0 atom stereocenters. The molecule has 0 aromatic carbocycles. The summed E-state index contributed by atoms with van der Waals surface area (Å²) in [7, 11) is -3.28. The van der Waals surface area contributed by atoms with E-state index in [1.807, 2.05) is 0 Å². The Morgan fingerprint density at radius 3 is 2.22 bits per heavy atom. The molecular formula is C12H23ClN2O2S. The summed E-state index contributed by atoms with van der Waals surface area (Å²) in [6.07, 6.45) is 7.61. The topological polar surface area (TPSA) is 49.4 Å². The van der Waals surface area contributed by atoms with Crippen LogP contribution in [0.15, 0.2) is 0 Å². The third kappa shape index (κ3) is 3.38. The number of halogens is 1. The number of nitrogens with zero attached hydrogens (tertiary/aromatic N) is 1. The lowest BCUT2D eigenvalue weighted by Gasteiger charge is -2.36. The van der Waals surface area contributed by atoms with Gasteiger partial charge in [-0.25, -0.2) is 4.72 Å². The van der Waals surface area contributed by atoms with Crippen LogP contribution < -0.4 is 4.72 Å². The Morgan fingerprint density at radius 1 is 1.06 bits per heavy atom. The van der Waals surface area contributed by atoms with E-state index < -0.39 is 10.2 Å². The van der Waals surface area contributed by atoms with Crippen molar-refractivity contribution >= 4 is 21.8 Å². The van der Waals surface area contributed by atoms with Crippen molar-refractivity contribution in [1.29, 1.82) is 0 Å². The molecule has 0 unspecified atom stereocenters. The van der Waals surface area contributed by atoms with Crippen LogP contribution in [0.4, 0.5) is 0 Å². The Kier molecular flexibility index (Phi) is 4.92. The maximum atomic E-state index is 12.1. The molecule has 0 aromatic rings. The van der Waals surface area contributed by atoms with Crippen LogP contribution in [0.1, 0.15) is 44.9 Å². The second kappa shape index (κ2) is 6.07. The molecule has 2 rings (SSSR count). The van der Waals surface area contributed by atoms with E-state index in [1.54, 1.807) is 4.31 Å². The van der Waals surface area contributed by atoms with E-state index in [9.17, 15) is 8.42 Å². The van der Waals surface area contributed by atoms with Gasteiger partial charge in [-0.3, -0.25) is 0 Å². The molecule has 1 aliphatic heterocycles. The molecule has 0 bridgehead atoms. The minimum atomic E-state index is -3.28. The molecule has 1 heterocycles. The average Bonchev–Trinajstić information content (AvgIpc) is 2.92. The van der Waals surface area contributed by atoms with Crippen LogP contribution in [-0.4, -0.2) is 38.2 Å². The van der Waals surface area contributed by atoms with Crippen molar-refractivity contribution < 1.29 is 8.42 Å². The lowest BCUT2D eigenvalue weighted by Crippen LogP contribution is -2.45. The van der Waals surface area contributed by atoms with Crippen LogP contribution in [0, 0.1) is 5.41 Å². The molecule has 1 aliphatic carbocycles. The third-order valence-electron chi connectivity index (χ3n) is 4.23. The maximum Gasteiger partial charge on any atom is 0.279 e. The largest absolute Gasteiger partial charge is 0.279 e. The lowest BCUT2D eigenvalue weighted by atomic mass is 9.76. The fraction of sp³-hybridized carbons (Fsp3) is 1.00. The number of alkyl halides is 1. The second-order valence-electron chi connectivity index (χ2n) is 5.63. The fourth-order valence-electron chi connectivity index (χ4n) is 2.92. The minimum absolute atomic E-state index is 0.0212. The second-order valence-corrected chi connectivity index (χ2v) is 7.65. The molecule has 0 aromatic heterocycles. The zero-order valence-corrected chi connectivity index (χ0v) is 12.4. The van der Waals surface area contributed by atoms with Crippen LogP contribution in [0.2, 0.25) is 0 Å². The van der Waals surface area contributed by atoms with Crippen LogP contribution in [0.5, 0.6) is 0 Å². The van der Waals surface area contributed by atoms with Crippen molar-refractivity contribution in [2.45, 2.75) is 44.9 Å². The van der Waals surface area contributed by atoms with Crippen LogP contribution in [0.3, 0.4) is 0 Å². The van der Waals surface area contributed by atoms with Crippen LogP contribution >= 0.6 is 11.6 Å². The highest BCUT2D eigenvalue weighted by molar-refractivity contribution is 7.87. The SMILES string of the molecule is O=S(=O)(NCC1(CCl)CCCCC1)N1CCCC1. The molecule has 1 saturated carbocycles. The van der Waals surface area contributed by atoms with Crippen molar-refractivity contribution in [3.8, 4) is 0 Å². The zero-order valence-electron chi connectivity index (χ0n) is 10.8. The third-order valence-corrected chi connectivity index (χ3v) is 6.35. The van der Waals surface area contributed by atoms with Crippen LogP contribution in [0.25, 0.3) is 0 Å². The summed E-state index contributed by atoms with van der Waals surface area (Å²) in [5.41, 5.74) is -0.0212. The lowest BCUT2D eigenvalue weighted by molar-refractivity contribution is 0.222. The Balaban J connectivity index is 1.92. The summed E-state index contributed by atoms with van der Waals surface area (Å²) in [6, 6.07) is 0. The Bertz CT molecular complexity index is 360. The van der Waals surface area contributed by atoms with Gasteiger partial charge >= 0.3 is 0 Å². The summed E-state index contributed by atoms with van der Waals surface area (Å²) < 4.78 is 28.5. The van der Waals surface area contributed by atoms with Gasteiger partial charge in [0.25, 0.3) is 10.2 Å². The average molecular weight is 295 g/mol. The van der Waals surface area contributed by atoms with Gasteiger partial charge in [0.1, 0.15) is 0 Å². The van der Waals surface area contributed by atoms with Gasteiger partial charge in [0.15, 0.2) is 0 Å². The van der Waals surface area contributed by atoms with E-state index in [1.165, 1.54) is 6.42 Å². The summed E-state index contributed by atoms with van der Waals surface area (Å²) >= 11 is 6.08. The van der Waals surface area contributed by atoms with E-state index >= 15 is 0 Å². The first-order valence-electron chi connectivity index (χ1n) is 6.89. The van der Waals surface area contributed by atoms with Crippen molar-refractivity contribution in [1.82, 2.24) is 9.03 Å². The molecule has 0 radical (unpaired) electrons. The van der Waals surface area contributed by atoms with Gasteiger partial charge in [-0.1, -0.05) is 19.3 Å². The molecule has 2 aliphatic rings. The standard InChI is InChI=1S/C12H23ClN2O2S/c13-10-12(6-2-1-3-7-12)11-14-18(16,17)15-8-4-5-9-15/h14H,1-11H2. The molecule has 0 amide bonds. The van der Waals surface area contributed by atoms with E-state index in [0.29, 0.717) is 25.5 Å². The monoisotopic (exact) mass is 294 g/mol. The van der Waals surface area contributed by atoms with Gasteiger partial charge in [-0.15, -0.1) is 11.6 Å². The van der Waals surface area contributed by atoms with Crippen molar-refractivity contribution in [3.63, 3.8) is 0 Å². The molecule has 1 saturated heterocycles. The molecular weight excluding hydrogens is 272 g/mol. The molecule has 4 nitrogen and oxygen atoms in total. The zero-order chi connectivity index (χ0) is 13.1. The highest BCUT2D eigenvalue weighted by Crippen LogP contribution is 2.37. The first-order chi connectivity index (χ1) is 8.58. The van der Waals surface area contributed by atoms with Gasteiger partial charge in [-0.2, -0.15) is 12.7 Å². The van der Waals surface area contributed by atoms with Crippen molar-refractivity contribution in [3.05, 3.63) is 0 Å². The van der Waals surface area contributed by atoms with Crippen LogP contribution in [-0.2, 0) is 10.2 Å². The predicted molar refractivity (Wildman–Crippen MR) is 74.0 cm³/mol. The van der Waals surface area contributed by atoms with E-state index in [2.05, 4.69) is 4.72 Å². The van der Waals surface area contributed by atoms with Gasteiger partial charge in [0.2, 0.25) is 0 Å². The number of hydrogen-bond donors (Lipinski definition) is 1. The molecule has 106 valence electrons. The minimum Gasteiger partial charge on any atom is -0.202 e. The smallest absolute Gasteiger partial charge is 0.202 e. The van der Waals surface area contributed by atoms with Gasteiger partial charge < -0.3 is 0 Å². The van der Waals surface area contributed by atoms with Crippen molar-refractivity contribution in [2.75, 3.05) is 25.5 Å². The summed E-state index contributed by atoms with van der Waals surface area (Å²) in [5.74, 6) is 0.551. The fourth-order valence-corrected chi connectivity index (χ4v) is 4.70. The first-order valence-corrected chi connectivity index (χ1v) is 8.86. The summed E-state index contributed by atoms with van der Waals surface area (Å²) in [6.45, 7) is 1.81. The molecule has 6 heteroatoms. The highest BCUT2D eigenvalue weighted by atomic mass is 35.5. The Hall–Kier alpha value is 0.160. The molecule has 1 N–H and O–H groups in total. The quantitative estimate of drug-likeness (QED) is 0.790. The van der Waals surface area contributed by atoms with E-state index in [4.69, 9.17) is 11.6 Å². The highest BCUT2D eigenvalue weighted by Gasteiger charge is 2.34. The number of hydrogen-bond acceptors (Lipinski definition) is 2. The number of rotatable bonds is 5. The molecule has 2 fully saturated rings. The van der Waals surface area contributed by atoms with Gasteiger partial charge in [-0.05, 0) is 31.1 Å². The molecule has 0 spiro atoms. The number of nitrogens with one attached hydrogen (secondary N) is 1. The molecule has 18 heavy (non-hydrogen) atoms. The van der Waals surface area contributed by atoms with Crippen molar-refractivity contribution in [2.24, 2.45) is 5.41 Å². The maximum absolute atomic E-state index is 12.1. The van der Waals surface area contributed by atoms with E-state index in [-0.39, 0.29) is 5.41 Å². The predicted octanol–water partition coefficient (Wildman–Crippen LogP) is 2.11.